The van der Waals surface area contributed by atoms with Crippen LogP contribution < -0.4 is 10.6 Å². The summed E-state index contributed by atoms with van der Waals surface area (Å²) < 4.78 is 0. The van der Waals surface area contributed by atoms with Crippen LogP contribution in [0.5, 0.6) is 0 Å². The Bertz CT molecular complexity index is 279. The van der Waals surface area contributed by atoms with Crippen molar-refractivity contribution in [2.45, 2.75) is 33.2 Å². The molecule has 5 nitrogen and oxygen atoms in total. The quantitative estimate of drug-likeness (QED) is 0.686. The number of nitrogens with zero attached hydrogens (tertiary/aromatic N) is 1. The second kappa shape index (κ2) is 6.59. The molecule has 98 valence electrons. The normalized spacial score (nSPS) is 20.1. The topological polar surface area (TPSA) is 61.4 Å². The molecule has 1 heterocycles. The maximum Gasteiger partial charge on any atom is 0.240 e. The van der Waals surface area contributed by atoms with Gasteiger partial charge in [0.1, 0.15) is 0 Å². The number of likely N-dealkylation sites (tertiary alicyclic amines) is 1. The Kier molecular flexibility index (Phi) is 5.41. The zero-order valence-electron chi connectivity index (χ0n) is 11.0. The van der Waals surface area contributed by atoms with Crippen molar-refractivity contribution in [3.63, 3.8) is 0 Å². The SMILES string of the molecule is CCNC1CCN(CC(=O)NCC(C)C)C1=O. The van der Waals surface area contributed by atoms with E-state index in [0.29, 0.717) is 19.0 Å². The highest BCUT2D eigenvalue weighted by molar-refractivity contribution is 5.89. The molecule has 5 heteroatoms. The van der Waals surface area contributed by atoms with Crippen molar-refractivity contribution in [2.24, 2.45) is 5.92 Å². The fourth-order valence-corrected chi connectivity index (χ4v) is 1.88. The van der Waals surface area contributed by atoms with Gasteiger partial charge in [-0.05, 0) is 18.9 Å². The molecule has 1 aliphatic heterocycles. The number of carbonyl (C=O) groups excluding carboxylic acids is 2. The van der Waals surface area contributed by atoms with Crippen LogP contribution in [0.15, 0.2) is 0 Å². The molecule has 1 saturated heterocycles. The van der Waals surface area contributed by atoms with E-state index in [2.05, 4.69) is 10.6 Å². The molecule has 17 heavy (non-hydrogen) atoms. The number of likely N-dealkylation sites (N-methyl/N-ethyl adjacent to an activating group) is 1. The lowest BCUT2D eigenvalue weighted by Crippen LogP contribution is -2.43. The highest BCUT2D eigenvalue weighted by atomic mass is 16.2. The smallest absolute Gasteiger partial charge is 0.240 e. The van der Waals surface area contributed by atoms with Gasteiger partial charge in [-0.3, -0.25) is 9.59 Å². The van der Waals surface area contributed by atoms with Crippen LogP contribution in [0.3, 0.4) is 0 Å². The summed E-state index contributed by atoms with van der Waals surface area (Å²) in [7, 11) is 0. The first-order valence-electron chi connectivity index (χ1n) is 6.33. The third-order valence-corrected chi connectivity index (χ3v) is 2.79. The Labute approximate surface area is 103 Å². The van der Waals surface area contributed by atoms with Gasteiger partial charge in [0.05, 0.1) is 12.6 Å². The second-order valence-electron chi connectivity index (χ2n) is 4.86. The molecule has 0 aliphatic carbocycles. The fourth-order valence-electron chi connectivity index (χ4n) is 1.88. The average molecular weight is 241 g/mol. The van der Waals surface area contributed by atoms with Crippen molar-refractivity contribution in [1.82, 2.24) is 15.5 Å². The van der Waals surface area contributed by atoms with Gasteiger partial charge < -0.3 is 15.5 Å². The Morgan fingerprint density at radius 3 is 2.82 bits per heavy atom. The van der Waals surface area contributed by atoms with E-state index in [1.807, 2.05) is 20.8 Å². The molecule has 0 bridgehead atoms. The maximum absolute atomic E-state index is 11.9. The number of amides is 2. The number of nitrogens with one attached hydrogen (secondary N) is 2. The summed E-state index contributed by atoms with van der Waals surface area (Å²) >= 11 is 0. The summed E-state index contributed by atoms with van der Waals surface area (Å²) in [4.78, 5) is 25.1. The van der Waals surface area contributed by atoms with Gasteiger partial charge in [-0.25, -0.2) is 0 Å². The molecule has 2 N–H and O–H groups in total. The van der Waals surface area contributed by atoms with Gasteiger partial charge in [0.15, 0.2) is 0 Å². The molecule has 0 spiro atoms. The Morgan fingerprint density at radius 2 is 2.24 bits per heavy atom. The minimum absolute atomic E-state index is 0.0477. The predicted molar refractivity (Wildman–Crippen MR) is 66.5 cm³/mol. The number of rotatable bonds is 6. The van der Waals surface area contributed by atoms with Gasteiger partial charge in [-0.2, -0.15) is 0 Å². The Balaban J connectivity index is 2.33. The van der Waals surface area contributed by atoms with Gasteiger partial charge in [0.25, 0.3) is 0 Å². The standard InChI is InChI=1S/C12H23N3O2/c1-4-13-10-5-6-15(12(10)17)8-11(16)14-7-9(2)3/h9-10,13H,4-8H2,1-3H3,(H,14,16). The summed E-state index contributed by atoms with van der Waals surface area (Å²) in [5, 5.41) is 5.95. The fraction of sp³-hybridized carbons (Fsp3) is 0.833. The summed E-state index contributed by atoms with van der Waals surface area (Å²) in [5.41, 5.74) is 0. The highest BCUT2D eigenvalue weighted by Gasteiger charge is 2.31. The van der Waals surface area contributed by atoms with Crippen LogP contribution in [-0.2, 0) is 9.59 Å². The minimum atomic E-state index is -0.0992. The molecule has 0 aromatic rings. The van der Waals surface area contributed by atoms with E-state index < -0.39 is 0 Å². The number of hydrogen-bond donors (Lipinski definition) is 2. The van der Waals surface area contributed by atoms with Crippen molar-refractivity contribution >= 4 is 11.8 Å². The Morgan fingerprint density at radius 1 is 1.53 bits per heavy atom. The maximum atomic E-state index is 11.9. The number of hydrogen-bond acceptors (Lipinski definition) is 3. The van der Waals surface area contributed by atoms with E-state index in [0.717, 1.165) is 13.0 Å². The molecular weight excluding hydrogens is 218 g/mol. The van der Waals surface area contributed by atoms with Crippen LogP contribution in [0, 0.1) is 5.92 Å². The van der Waals surface area contributed by atoms with Crippen molar-refractivity contribution in [3.05, 3.63) is 0 Å². The second-order valence-corrected chi connectivity index (χ2v) is 4.86. The minimum Gasteiger partial charge on any atom is -0.354 e. The zero-order valence-corrected chi connectivity index (χ0v) is 11.0. The molecule has 2 amide bonds. The van der Waals surface area contributed by atoms with Crippen LogP contribution in [0.2, 0.25) is 0 Å². The molecule has 1 rings (SSSR count). The highest BCUT2D eigenvalue weighted by Crippen LogP contribution is 2.10. The summed E-state index contributed by atoms with van der Waals surface area (Å²) in [6.45, 7) is 8.37. The van der Waals surface area contributed by atoms with Gasteiger partial charge in [0, 0.05) is 13.1 Å². The summed E-state index contributed by atoms with van der Waals surface area (Å²) in [6.07, 6.45) is 0.796. The van der Waals surface area contributed by atoms with E-state index in [-0.39, 0.29) is 24.4 Å². The van der Waals surface area contributed by atoms with Crippen LogP contribution in [0.25, 0.3) is 0 Å². The van der Waals surface area contributed by atoms with E-state index in [1.54, 1.807) is 4.90 Å². The zero-order chi connectivity index (χ0) is 12.8. The summed E-state index contributed by atoms with van der Waals surface area (Å²) in [6, 6.07) is -0.0992. The molecular formula is C12H23N3O2. The van der Waals surface area contributed by atoms with Crippen LogP contribution in [0.4, 0.5) is 0 Å². The van der Waals surface area contributed by atoms with Gasteiger partial charge in [0.2, 0.25) is 11.8 Å². The first kappa shape index (κ1) is 14.0. The molecule has 0 saturated carbocycles. The first-order chi connectivity index (χ1) is 8.04. The Hall–Kier alpha value is -1.10. The predicted octanol–water partition coefficient (Wildman–Crippen LogP) is -0.0310. The molecule has 0 aromatic carbocycles. The lowest BCUT2D eigenvalue weighted by atomic mass is 10.2. The number of carbonyl (C=O) groups is 2. The molecule has 0 radical (unpaired) electrons. The lowest BCUT2D eigenvalue weighted by Gasteiger charge is -2.17. The lowest BCUT2D eigenvalue weighted by molar-refractivity contribution is -0.134. The molecule has 0 aromatic heterocycles. The molecule has 1 unspecified atom stereocenters. The third-order valence-electron chi connectivity index (χ3n) is 2.79. The van der Waals surface area contributed by atoms with Crippen molar-refractivity contribution in [3.8, 4) is 0 Å². The van der Waals surface area contributed by atoms with Crippen LogP contribution >= 0.6 is 0 Å². The van der Waals surface area contributed by atoms with Crippen molar-refractivity contribution in [1.29, 1.82) is 0 Å². The van der Waals surface area contributed by atoms with E-state index in [1.165, 1.54) is 0 Å². The monoisotopic (exact) mass is 241 g/mol. The van der Waals surface area contributed by atoms with Crippen LogP contribution in [-0.4, -0.2) is 48.9 Å². The van der Waals surface area contributed by atoms with Crippen molar-refractivity contribution in [2.75, 3.05) is 26.2 Å². The molecule has 1 aliphatic rings. The van der Waals surface area contributed by atoms with E-state index >= 15 is 0 Å². The van der Waals surface area contributed by atoms with E-state index in [4.69, 9.17) is 0 Å². The van der Waals surface area contributed by atoms with E-state index in [9.17, 15) is 9.59 Å². The molecule has 1 fully saturated rings. The average Bonchev–Trinajstić information content (AvgIpc) is 2.59. The van der Waals surface area contributed by atoms with Crippen molar-refractivity contribution < 1.29 is 9.59 Å². The first-order valence-corrected chi connectivity index (χ1v) is 6.33. The third kappa shape index (κ3) is 4.34. The molecule has 1 atom stereocenters. The van der Waals surface area contributed by atoms with Gasteiger partial charge in [-0.1, -0.05) is 20.8 Å². The van der Waals surface area contributed by atoms with Gasteiger partial charge >= 0.3 is 0 Å². The summed E-state index contributed by atoms with van der Waals surface area (Å²) in [5.74, 6) is 0.415. The largest absolute Gasteiger partial charge is 0.354 e. The van der Waals surface area contributed by atoms with Gasteiger partial charge in [-0.15, -0.1) is 0 Å². The van der Waals surface area contributed by atoms with Crippen LogP contribution in [0.1, 0.15) is 27.2 Å².